The van der Waals surface area contributed by atoms with Crippen molar-refractivity contribution in [3.05, 3.63) is 47.8 Å². The van der Waals surface area contributed by atoms with E-state index in [9.17, 15) is 9.18 Å². The van der Waals surface area contributed by atoms with E-state index in [1.807, 2.05) is 58.6 Å². The van der Waals surface area contributed by atoms with Gasteiger partial charge in [0.05, 0.1) is 23.0 Å². The third-order valence-electron chi connectivity index (χ3n) is 6.16. The minimum absolute atomic E-state index is 0.0309. The van der Waals surface area contributed by atoms with Crippen LogP contribution in [-0.4, -0.2) is 56.8 Å². The van der Waals surface area contributed by atoms with E-state index in [1.54, 1.807) is 21.9 Å². The molecule has 150 valence electrons. The van der Waals surface area contributed by atoms with E-state index < -0.39 is 11.7 Å². The van der Waals surface area contributed by atoms with Crippen LogP contribution in [0.15, 0.2) is 30.6 Å². The molecule has 0 unspecified atom stereocenters. The molecular weight excluding hydrogens is 389 g/mol. The Bertz CT molecular complexity index is 1340. The molecule has 0 radical (unpaired) electrons. The van der Waals surface area contributed by atoms with Crippen molar-refractivity contribution in [1.82, 2.24) is 19.5 Å². The number of fused-ring (bicyclic) bond motifs is 1. The second-order valence-electron chi connectivity index (χ2n) is 7.86. The molecular formula is C20H20B4FN5O. The van der Waals surface area contributed by atoms with Crippen LogP contribution in [0.1, 0.15) is 16.2 Å². The van der Waals surface area contributed by atoms with Crippen LogP contribution in [0.25, 0.3) is 22.2 Å². The maximum Gasteiger partial charge on any atom is 0.260 e. The average molecular weight is 409 g/mol. The summed E-state index contributed by atoms with van der Waals surface area (Å²) in [6.45, 7) is 1.94. The maximum absolute atomic E-state index is 14.9. The fraction of sp³-hybridized carbons (Fsp3) is 0.100. The predicted molar refractivity (Wildman–Crippen MR) is 134 cm³/mol. The Kier molecular flexibility index (Phi) is 5.21. The molecule has 2 aromatic heterocycles. The van der Waals surface area contributed by atoms with E-state index in [0.717, 1.165) is 33.4 Å². The van der Waals surface area contributed by atoms with Crippen LogP contribution in [0.4, 0.5) is 10.3 Å². The number of carbonyl (C=O) groups excluding carboxylic acids is 1. The van der Waals surface area contributed by atoms with E-state index in [-0.39, 0.29) is 11.5 Å². The number of rotatable bonds is 3. The first kappa shape index (κ1) is 20.9. The Morgan fingerprint density at radius 1 is 1.03 bits per heavy atom. The summed E-state index contributed by atoms with van der Waals surface area (Å²) in [4.78, 5) is 26.0. The highest BCUT2D eigenvalue weighted by molar-refractivity contribution is 6.63. The third-order valence-corrected chi connectivity index (χ3v) is 6.16. The molecule has 0 saturated heterocycles. The minimum atomic E-state index is -0.557. The zero-order valence-electron chi connectivity index (χ0n) is 18.5. The van der Waals surface area contributed by atoms with Gasteiger partial charge in [0.15, 0.2) is 0 Å². The fourth-order valence-electron chi connectivity index (χ4n) is 3.71. The van der Waals surface area contributed by atoms with Gasteiger partial charge in [0, 0.05) is 24.2 Å². The van der Waals surface area contributed by atoms with Gasteiger partial charge in [-0.1, -0.05) is 28.5 Å². The van der Waals surface area contributed by atoms with Gasteiger partial charge >= 0.3 is 0 Å². The first-order valence-corrected chi connectivity index (χ1v) is 10.0. The van der Waals surface area contributed by atoms with Gasteiger partial charge in [0.25, 0.3) is 5.91 Å². The van der Waals surface area contributed by atoms with Crippen LogP contribution < -0.4 is 27.2 Å². The van der Waals surface area contributed by atoms with Crippen LogP contribution in [0.5, 0.6) is 0 Å². The lowest BCUT2D eigenvalue weighted by atomic mass is 9.65. The number of hydrogen-bond acceptors (Lipinski definition) is 4. The van der Waals surface area contributed by atoms with E-state index in [1.165, 1.54) is 0 Å². The van der Waals surface area contributed by atoms with Crippen LogP contribution in [0.2, 0.25) is 0 Å². The van der Waals surface area contributed by atoms with Gasteiger partial charge in [-0.05, 0) is 13.0 Å². The molecule has 0 saturated carbocycles. The van der Waals surface area contributed by atoms with Crippen LogP contribution >= 0.6 is 0 Å². The summed E-state index contributed by atoms with van der Waals surface area (Å²) in [6, 6.07) is 5.83. The summed E-state index contributed by atoms with van der Waals surface area (Å²) in [5.74, 6) is -0.0240. The highest BCUT2D eigenvalue weighted by Crippen LogP contribution is 2.24. The molecule has 0 bridgehead atoms. The first-order chi connectivity index (χ1) is 14.7. The van der Waals surface area contributed by atoms with E-state index in [0.29, 0.717) is 16.4 Å². The van der Waals surface area contributed by atoms with Crippen LogP contribution in [-0.2, 0) is 7.05 Å². The van der Waals surface area contributed by atoms with Crippen molar-refractivity contribution in [2.45, 2.75) is 6.92 Å². The largest absolute Gasteiger partial charge is 0.331 e. The van der Waals surface area contributed by atoms with Crippen LogP contribution in [0.3, 0.4) is 0 Å². The Balaban J connectivity index is 1.71. The summed E-state index contributed by atoms with van der Waals surface area (Å²) >= 11 is 0. The predicted octanol–water partition coefficient (Wildman–Crippen LogP) is -3.24. The van der Waals surface area contributed by atoms with E-state index in [4.69, 9.17) is 0 Å². The number of anilines is 1. The van der Waals surface area contributed by atoms with Crippen molar-refractivity contribution < 1.29 is 9.18 Å². The molecule has 0 fully saturated rings. The Morgan fingerprint density at radius 3 is 2.42 bits per heavy atom. The fourth-order valence-corrected chi connectivity index (χ4v) is 3.71. The van der Waals surface area contributed by atoms with Crippen molar-refractivity contribution >= 4 is 76.0 Å². The van der Waals surface area contributed by atoms with Crippen molar-refractivity contribution in [2.75, 3.05) is 5.32 Å². The zero-order valence-corrected chi connectivity index (χ0v) is 18.5. The summed E-state index contributed by atoms with van der Waals surface area (Å²) in [5, 5.41) is 3.50. The van der Waals surface area contributed by atoms with Crippen molar-refractivity contribution in [3.8, 4) is 11.3 Å². The number of hydrogen-bond donors (Lipinski definition) is 1. The number of amides is 1. The lowest BCUT2D eigenvalue weighted by Gasteiger charge is -2.16. The number of nitrogens with one attached hydrogen (secondary N) is 1. The summed E-state index contributed by atoms with van der Waals surface area (Å²) in [6.07, 6.45) is 3.46. The molecule has 1 amide bonds. The summed E-state index contributed by atoms with van der Waals surface area (Å²) < 4.78 is 16.9. The molecule has 11 heteroatoms. The van der Waals surface area contributed by atoms with Gasteiger partial charge in [-0.3, -0.25) is 10.1 Å². The molecule has 2 aromatic carbocycles. The average Bonchev–Trinajstić information content (AvgIpc) is 3.09. The van der Waals surface area contributed by atoms with E-state index in [2.05, 4.69) is 20.3 Å². The molecule has 0 atom stereocenters. The lowest BCUT2D eigenvalue weighted by Crippen LogP contribution is -2.52. The Labute approximate surface area is 183 Å². The molecule has 1 N–H and O–H groups in total. The molecule has 6 nitrogen and oxygen atoms in total. The van der Waals surface area contributed by atoms with Gasteiger partial charge in [0.1, 0.15) is 43.0 Å². The van der Waals surface area contributed by atoms with Crippen molar-refractivity contribution in [3.63, 3.8) is 0 Å². The number of carbonyl (C=O) groups is 1. The molecule has 2 heterocycles. The van der Waals surface area contributed by atoms with Gasteiger partial charge in [-0.15, -0.1) is 5.46 Å². The van der Waals surface area contributed by atoms with Gasteiger partial charge in [-0.2, -0.15) is 0 Å². The highest BCUT2D eigenvalue weighted by Gasteiger charge is 2.21. The van der Waals surface area contributed by atoms with Crippen molar-refractivity contribution in [1.29, 1.82) is 0 Å². The van der Waals surface area contributed by atoms with Gasteiger partial charge in [0.2, 0.25) is 5.95 Å². The smallest absolute Gasteiger partial charge is 0.260 e. The minimum Gasteiger partial charge on any atom is -0.331 e. The Hall–Kier alpha value is -3.35. The topological polar surface area (TPSA) is 72.7 Å². The number of halogens is 1. The van der Waals surface area contributed by atoms with Crippen molar-refractivity contribution in [2.24, 2.45) is 7.05 Å². The SMILES string of the molecule is Bc1c(B)c(B)c(C(=O)Nc2ncc3ccc(-c4cnc(C)n4C)cc3n2)c(F)c1B. The van der Waals surface area contributed by atoms with Crippen LogP contribution in [0, 0.1) is 12.7 Å². The number of aryl methyl sites for hydroxylation is 1. The molecule has 0 aliphatic heterocycles. The summed E-state index contributed by atoms with van der Waals surface area (Å²) in [5.41, 5.74) is 5.48. The lowest BCUT2D eigenvalue weighted by molar-refractivity contribution is 0.102. The third kappa shape index (κ3) is 3.54. The van der Waals surface area contributed by atoms with Gasteiger partial charge in [-0.25, -0.2) is 19.3 Å². The molecule has 0 aliphatic rings. The molecule has 4 rings (SSSR count). The highest BCUT2D eigenvalue weighted by atomic mass is 19.1. The molecule has 31 heavy (non-hydrogen) atoms. The standard InChI is InChI=1S/C20H20B4FN5O/c1-8-26-7-12(30(8)2)9-3-4-10-6-27-20(28-11(10)5-9)29-19(31)13-14(21)15(22)16(23)17(24)18(13)25/h3-7H,21-24H2,1-2H3,(H,27,28,29,31). The quantitative estimate of drug-likeness (QED) is 0.362. The summed E-state index contributed by atoms with van der Waals surface area (Å²) in [7, 11) is 9.14. The second-order valence-corrected chi connectivity index (χ2v) is 7.86. The molecule has 0 spiro atoms. The number of nitrogens with zero attached hydrogens (tertiary/aromatic N) is 4. The second kappa shape index (κ2) is 7.72. The molecule has 4 aromatic rings. The van der Waals surface area contributed by atoms with E-state index >= 15 is 0 Å². The number of aromatic nitrogens is 4. The Morgan fingerprint density at radius 2 is 1.74 bits per heavy atom. The monoisotopic (exact) mass is 409 g/mol. The number of benzene rings is 2. The normalized spacial score (nSPS) is 11.1. The number of imidazole rings is 1. The first-order valence-electron chi connectivity index (χ1n) is 10.0. The van der Waals surface area contributed by atoms with Gasteiger partial charge < -0.3 is 4.57 Å². The molecule has 0 aliphatic carbocycles. The maximum atomic E-state index is 14.9. The zero-order chi connectivity index (χ0) is 22.4.